The number of aromatic carboxylic acids is 1. The van der Waals surface area contributed by atoms with Crippen molar-refractivity contribution in [2.45, 2.75) is 12.6 Å². The van der Waals surface area contributed by atoms with Crippen molar-refractivity contribution >= 4 is 22.6 Å². The van der Waals surface area contributed by atoms with Crippen LogP contribution in [0.2, 0.25) is 0 Å². The molecular formula is C18H15F3N2O2. The number of nitrogens with one attached hydrogen (secondary N) is 2. The number of benzene rings is 2. The van der Waals surface area contributed by atoms with Crippen molar-refractivity contribution in [2.75, 3.05) is 11.9 Å². The van der Waals surface area contributed by atoms with Gasteiger partial charge >= 0.3 is 12.1 Å². The average molecular weight is 348 g/mol. The summed E-state index contributed by atoms with van der Waals surface area (Å²) < 4.78 is 39.5. The van der Waals surface area contributed by atoms with Crippen LogP contribution in [0.1, 0.15) is 21.5 Å². The number of fused-ring (bicyclic) bond motifs is 1. The van der Waals surface area contributed by atoms with Gasteiger partial charge in [-0.3, -0.25) is 0 Å². The molecule has 0 aliphatic carbocycles. The number of rotatable bonds is 5. The minimum atomic E-state index is -4.63. The summed E-state index contributed by atoms with van der Waals surface area (Å²) in [5.74, 6) is -1.40. The maximum atomic E-state index is 13.2. The molecule has 0 spiro atoms. The SMILES string of the molecule is O=C(O)c1cccc(C(F)(F)F)c1NCCc1c[nH]c2ccccc12. The van der Waals surface area contributed by atoms with Crippen molar-refractivity contribution in [1.29, 1.82) is 0 Å². The number of anilines is 1. The van der Waals surface area contributed by atoms with E-state index in [0.717, 1.165) is 34.7 Å². The third kappa shape index (κ3) is 3.45. The average Bonchev–Trinajstić information content (AvgIpc) is 2.97. The summed E-state index contributed by atoms with van der Waals surface area (Å²) in [5.41, 5.74) is 0.117. The second-order valence-electron chi connectivity index (χ2n) is 5.57. The minimum Gasteiger partial charge on any atom is -0.478 e. The van der Waals surface area contributed by atoms with Gasteiger partial charge in [-0.15, -0.1) is 0 Å². The van der Waals surface area contributed by atoms with Crippen molar-refractivity contribution in [1.82, 2.24) is 4.98 Å². The highest BCUT2D eigenvalue weighted by molar-refractivity contribution is 5.95. The van der Waals surface area contributed by atoms with Crippen LogP contribution in [0.15, 0.2) is 48.7 Å². The van der Waals surface area contributed by atoms with Gasteiger partial charge in [0.05, 0.1) is 16.8 Å². The number of carboxylic acids is 1. The predicted octanol–water partition coefficient (Wildman–Crippen LogP) is 4.54. The number of para-hydroxylation sites is 2. The lowest BCUT2D eigenvalue weighted by Crippen LogP contribution is -2.16. The van der Waals surface area contributed by atoms with Gasteiger partial charge in [0.2, 0.25) is 0 Å². The van der Waals surface area contributed by atoms with E-state index >= 15 is 0 Å². The second kappa shape index (κ2) is 6.51. The zero-order valence-electron chi connectivity index (χ0n) is 13.0. The molecule has 3 rings (SSSR count). The zero-order valence-corrected chi connectivity index (χ0v) is 13.0. The van der Waals surface area contributed by atoms with E-state index in [0.29, 0.717) is 6.42 Å². The maximum Gasteiger partial charge on any atom is 0.418 e. The molecule has 1 heterocycles. The fourth-order valence-corrected chi connectivity index (χ4v) is 2.82. The van der Waals surface area contributed by atoms with Crippen LogP contribution < -0.4 is 5.32 Å². The van der Waals surface area contributed by atoms with E-state index in [4.69, 9.17) is 5.11 Å². The third-order valence-electron chi connectivity index (χ3n) is 3.97. The molecule has 3 N–H and O–H groups in total. The van der Waals surface area contributed by atoms with Crippen LogP contribution in [0.25, 0.3) is 10.9 Å². The van der Waals surface area contributed by atoms with Crippen LogP contribution in [-0.2, 0) is 12.6 Å². The topological polar surface area (TPSA) is 65.1 Å². The number of aromatic nitrogens is 1. The second-order valence-corrected chi connectivity index (χ2v) is 5.57. The molecule has 0 bridgehead atoms. The van der Waals surface area contributed by atoms with E-state index in [2.05, 4.69) is 10.3 Å². The standard InChI is InChI=1S/C18H15F3N2O2/c19-18(20,21)14-6-3-5-13(17(24)25)16(14)22-9-8-11-10-23-15-7-2-1-4-12(11)15/h1-7,10,22-23H,8-9H2,(H,24,25). The van der Waals surface area contributed by atoms with E-state index in [1.807, 2.05) is 24.3 Å². The number of hydrogen-bond donors (Lipinski definition) is 3. The summed E-state index contributed by atoms with van der Waals surface area (Å²) in [6.45, 7) is 0.176. The molecule has 3 aromatic rings. The minimum absolute atomic E-state index is 0.176. The van der Waals surface area contributed by atoms with Crippen LogP contribution in [-0.4, -0.2) is 22.6 Å². The van der Waals surface area contributed by atoms with Crippen molar-refractivity contribution in [3.05, 3.63) is 65.4 Å². The summed E-state index contributed by atoms with van der Waals surface area (Å²) in [6, 6.07) is 10.7. The molecule has 0 radical (unpaired) electrons. The van der Waals surface area contributed by atoms with Gasteiger partial charge in [0, 0.05) is 23.6 Å². The van der Waals surface area contributed by atoms with Crippen molar-refractivity contribution in [2.24, 2.45) is 0 Å². The lowest BCUT2D eigenvalue weighted by molar-refractivity contribution is -0.137. The lowest BCUT2D eigenvalue weighted by atomic mass is 10.1. The first-order valence-corrected chi connectivity index (χ1v) is 7.60. The Hall–Kier alpha value is -2.96. The van der Waals surface area contributed by atoms with Crippen molar-refractivity contribution < 1.29 is 23.1 Å². The van der Waals surface area contributed by atoms with Crippen LogP contribution in [0.4, 0.5) is 18.9 Å². The molecule has 0 aliphatic heterocycles. The molecule has 2 aromatic carbocycles. The third-order valence-corrected chi connectivity index (χ3v) is 3.97. The quantitative estimate of drug-likeness (QED) is 0.634. The number of halogens is 3. The van der Waals surface area contributed by atoms with Gasteiger partial charge in [-0.1, -0.05) is 24.3 Å². The van der Waals surface area contributed by atoms with E-state index in [-0.39, 0.29) is 6.54 Å². The fourth-order valence-electron chi connectivity index (χ4n) is 2.82. The van der Waals surface area contributed by atoms with Crippen LogP contribution in [0.5, 0.6) is 0 Å². The first-order valence-electron chi connectivity index (χ1n) is 7.60. The number of H-pyrrole nitrogens is 1. The molecule has 25 heavy (non-hydrogen) atoms. The summed E-state index contributed by atoms with van der Waals surface area (Å²) in [6.07, 6.45) is -2.37. The molecule has 0 atom stereocenters. The largest absolute Gasteiger partial charge is 0.478 e. The van der Waals surface area contributed by atoms with Crippen LogP contribution in [0, 0.1) is 0 Å². The van der Waals surface area contributed by atoms with E-state index < -0.39 is 29.0 Å². The molecule has 1 aromatic heterocycles. The van der Waals surface area contributed by atoms with Gasteiger partial charge < -0.3 is 15.4 Å². The number of carboxylic acid groups (broad SMARTS) is 1. The fraction of sp³-hybridized carbons (Fsp3) is 0.167. The Balaban J connectivity index is 1.84. The highest BCUT2D eigenvalue weighted by Gasteiger charge is 2.35. The monoisotopic (exact) mass is 348 g/mol. The maximum absolute atomic E-state index is 13.2. The van der Waals surface area contributed by atoms with Crippen molar-refractivity contribution in [3.63, 3.8) is 0 Å². The summed E-state index contributed by atoms with van der Waals surface area (Å²) in [4.78, 5) is 14.4. The summed E-state index contributed by atoms with van der Waals surface area (Å²) >= 11 is 0. The zero-order chi connectivity index (χ0) is 18.0. The predicted molar refractivity (Wildman–Crippen MR) is 88.9 cm³/mol. The first-order chi connectivity index (χ1) is 11.9. The van der Waals surface area contributed by atoms with Crippen LogP contribution >= 0.6 is 0 Å². The van der Waals surface area contributed by atoms with E-state index in [1.54, 1.807) is 6.20 Å². The van der Waals surface area contributed by atoms with Gasteiger partial charge in [-0.2, -0.15) is 13.2 Å². The highest BCUT2D eigenvalue weighted by Crippen LogP contribution is 2.36. The molecule has 7 heteroatoms. The Morgan fingerprint density at radius 3 is 2.60 bits per heavy atom. The lowest BCUT2D eigenvalue weighted by Gasteiger charge is -2.16. The van der Waals surface area contributed by atoms with E-state index in [9.17, 15) is 18.0 Å². The molecule has 0 fully saturated rings. The number of alkyl halides is 3. The van der Waals surface area contributed by atoms with Gasteiger partial charge in [0.15, 0.2) is 0 Å². The number of carbonyl (C=O) groups is 1. The molecule has 0 saturated carbocycles. The summed E-state index contributed by atoms with van der Waals surface area (Å²) in [7, 11) is 0. The summed E-state index contributed by atoms with van der Waals surface area (Å²) in [5, 5.41) is 12.8. The normalized spacial score (nSPS) is 11.6. The smallest absolute Gasteiger partial charge is 0.418 e. The molecule has 0 saturated heterocycles. The highest BCUT2D eigenvalue weighted by atomic mass is 19.4. The first kappa shape index (κ1) is 16.9. The van der Waals surface area contributed by atoms with Gasteiger partial charge in [-0.25, -0.2) is 4.79 Å². The Morgan fingerprint density at radius 2 is 1.88 bits per heavy atom. The molecule has 0 unspecified atom stereocenters. The molecule has 4 nitrogen and oxygen atoms in total. The molecular weight excluding hydrogens is 333 g/mol. The molecule has 0 aliphatic rings. The van der Waals surface area contributed by atoms with Crippen molar-refractivity contribution in [3.8, 4) is 0 Å². The Bertz CT molecular complexity index is 916. The van der Waals surface area contributed by atoms with Gasteiger partial charge in [-0.05, 0) is 30.2 Å². The number of hydrogen-bond acceptors (Lipinski definition) is 2. The van der Waals surface area contributed by atoms with E-state index in [1.165, 1.54) is 0 Å². The number of aromatic amines is 1. The Kier molecular flexibility index (Phi) is 4.39. The Labute approximate surface area is 141 Å². The van der Waals surface area contributed by atoms with Gasteiger partial charge in [0.25, 0.3) is 0 Å². The molecule has 0 amide bonds. The Morgan fingerprint density at radius 1 is 1.12 bits per heavy atom. The van der Waals surface area contributed by atoms with Gasteiger partial charge in [0.1, 0.15) is 0 Å². The van der Waals surface area contributed by atoms with Crippen LogP contribution in [0.3, 0.4) is 0 Å². The molecule has 130 valence electrons.